The second kappa shape index (κ2) is 8.22. The van der Waals surface area contributed by atoms with E-state index in [1.807, 2.05) is 22.8 Å². The Labute approximate surface area is 164 Å². The van der Waals surface area contributed by atoms with Crippen molar-refractivity contribution < 1.29 is 14.3 Å². The van der Waals surface area contributed by atoms with Crippen molar-refractivity contribution in [2.75, 3.05) is 20.8 Å². The first-order valence-electron chi connectivity index (χ1n) is 7.73. The first kappa shape index (κ1) is 18.9. The maximum atomic E-state index is 12.6. The van der Waals surface area contributed by atoms with E-state index in [2.05, 4.69) is 4.99 Å². The molecule has 8 heteroatoms. The van der Waals surface area contributed by atoms with E-state index in [1.54, 1.807) is 32.4 Å². The van der Waals surface area contributed by atoms with Crippen LogP contribution in [0.1, 0.15) is 10.4 Å². The van der Waals surface area contributed by atoms with Gasteiger partial charge in [-0.1, -0.05) is 34.5 Å². The van der Waals surface area contributed by atoms with Gasteiger partial charge < -0.3 is 14.0 Å². The Bertz CT molecular complexity index is 1010. The zero-order chi connectivity index (χ0) is 18.7. The monoisotopic (exact) mass is 410 g/mol. The summed E-state index contributed by atoms with van der Waals surface area (Å²) in [6, 6.07) is 10.4. The summed E-state index contributed by atoms with van der Waals surface area (Å²) in [5.74, 6) is 0.344. The van der Waals surface area contributed by atoms with Crippen LogP contribution in [0.3, 0.4) is 0 Å². The smallest absolute Gasteiger partial charge is 0.279 e. The lowest BCUT2D eigenvalue weighted by Crippen LogP contribution is -2.19. The number of nitrogens with zero attached hydrogens (tertiary/aromatic N) is 2. The highest BCUT2D eigenvalue weighted by atomic mass is 35.5. The molecular weight excluding hydrogens is 395 g/mol. The average Bonchev–Trinajstić information content (AvgIpc) is 2.95. The lowest BCUT2D eigenvalue weighted by Gasteiger charge is -2.05. The molecule has 0 aliphatic carbocycles. The van der Waals surface area contributed by atoms with Crippen LogP contribution in [0, 0.1) is 0 Å². The minimum atomic E-state index is -0.404. The van der Waals surface area contributed by atoms with Crippen molar-refractivity contribution in [3.8, 4) is 5.75 Å². The predicted molar refractivity (Wildman–Crippen MR) is 105 cm³/mol. The second-order valence-corrected chi connectivity index (χ2v) is 7.32. The van der Waals surface area contributed by atoms with Gasteiger partial charge >= 0.3 is 0 Å². The Morgan fingerprint density at radius 1 is 1.15 bits per heavy atom. The third kappa shape index (κ3) is 4.10. The number of carbonyl (C=O) groups excluding carboxylic acids is 1. The van der Waals surface area contributed by atoms with Crippen molar-refractivity contribution in [3.63, 3.8) is 0 Å². The van der Waals surface area contributed by atoms with E-state index in [4.69, 9.17) is 32.7 Å². The number of halogens is 2. The van der Waals surface area contributed by atoms with Gasteiger partial charge in [-0.25, -0.2) is 0 Å². The highest BCUT2D eigenvalue weighted by Gasteiger charge is 2.11. The summed E-state index contributed by atoms with van der Waals surface area (Å²) in [5.41, 5.74) is 1.30. The number of fused-ring (bicyclic) bond motifs is 1. The van der Waals surface area contributed by atoms with Gasteiger partial charge in [0.2, 0.25) is 0 Å². The third-order valence-electron chi connectivity index (χ3n) is 3.72. The van der Waals surface area contributed by atoms with Gasteiger partial charge in [-0.3, -0.25) is 4.79 Å². The molecule has 26 heavy (non-hydrogen) atoms. The Morgan fingerprint density at radius 3 is 2.54 bits per heavy atom. The number of benzene rings is 2. The molecule has 3 aromatic rings. The van der Waals surface area contributed by atoms with Crippen LogP contribution >= 0.6 is 34.5 Å². The second-order valence-electron chi connectivity index (χ2n) is 5.44. The van der Waals surface area contributed by atoms with Crippen LogP contribution in [0.15, 0.2) is 41.4 Å². The van der Waals surface area contributed by atoms with Crippen LogP contribution in [-0.4, -0.2) is 31.3 Å². The van der Waals surface area contributed by atoms with E-state index in [-0.39, 0.29) is 0 Å². The molecule has 0 N–H and O–H groups in total. The molecule has 0 aliphatic heterocycles. The van der Waals surface area contributed by atoms with Crippen molar-refractivity contribution in [2.45, 2.75) is 6.54 Å². The Hall–Kier alpha value is -1.86. The predicted octanol–water partition coefficient (Wildman–Crippen LogP) is 4.41. The van der Waals surface area contributed by atoms with Crippen molar-refractivity contribution in [1.29, 1.82) is 0 Å². The summed E-state index contributed by atoms with van der Waals surface area (Å²) < 4.78 is 13.4. The maximum Gasteiger partial charge on any atom is 0.279 e. The van der Waals surface area contributed by atoms with Gasteiger partial charge in [0.15, 0.2) is 4.80 Å². The van der Waals surface area contributed by atoms with E-state index >= 15 is 0 Å². The summed E-state index contributed by atoms with van der Waals surface area (Å²) in [6.07, 6.45) is 0. The van der Waals surface area contributed by atoms with Crippen molar-refractivity contribution in [3.05, 3.63) is 56.8 Å². The van der Waals surface area contributed by atoms with E-state index < -0.39 is 5.91 Å². The molecule has 0 atom stereocenters. The molecule has 136 valence electrons. The van der Waals surface area contributed by atoms with E-state index in [0.717, 1.165) is 16.0 Å². The molecule has 0 radical (unpaired) electrons. The molecule has 0 saturated carbocycles. The topological polar surface area (TPSA) is 52.8 Å². The molecule has 5 nitrogen and oxygen atoms in total. The van der Waals surface area contributed by atoms with Gasteiger partial charge in [-0.2, -0.15) is 4.99 Å². The standard InChI is InChI=1S/C18H16Cl2N2O3S/c1-24-6-5-22-15-4-3-14(25-2)10-16(15)26-18(22)21-17(23)11-7-12(19)9-13(20)8-11/h3-4,7-10H,5-6H2,1-2H3. The van der Waals surface area contributed by atoms with E-state index in [9.17, 15) is 4.79 Å². The maximum absolute atomic E-state index is 12.6. The molecular formula is C18H16Cl2N2O3S. The van der Waals surface area contributed by atoms with Gasteiger partial charge in [0.05, 0.1) is 23.9 Å². The zero-order valence-electron chi connectivity index (χ0n) is 14.2. The fraction of sp³-hybridized carbons (Fsp3) is 0.222. The molecule has 1 amide bonds. The first-order chi connectivity index (χ1) is 12.5. The summed E-state index contributed by atoms with van der Waals surface area (Å²) in [4.78, 5) is 17.5. The molecule has 0 unspecified atom stereocenters. The summed E-state index contributed by atoms with van der Waals surface area (Å²) in [5, 5.41) is 0.786. The Morgan fingerprint density at radius 2 is 1.88 bits per heavy atom. The molecule has 2 aromatic carbocycles. The molecule has 1 aromatic heterocycles. The quantitative estimate of drug-likeness (QED) is 0.625. The van der Waals surface area contributed by atoms with Gasteiger partial charge in [0.1, 0.15) is 5.75 Å². The van der Waals surface area contributed by atoms with Gasteiger partial charge in [-0.05, 0) is 36.4 Å². The van der Waals surface area contributed by atoms with Crippen LogP contribution in [0.5, 0.6) is 5.75 Å². The largest absolute Gasteiger partial charge is 0.497 e. The fourth-order valence-electron chi connectivity index (χ4n) is 2.49. The van der Waals surface area contributed by atoms with Crippen LogP contribution in [-0.2, 0) is 11.3 Å². The summed E-state index contributed by atoms with van der Waals surface area (Å²) in [6.45, 7) is 1.08. The molecule has 0 spiro atoms. The van der Waals surface area contributed by atoms with Crippen LogP contribution in [0.25, 0.3) is 10.2 Å². The van der Waals surface area contributed by atoms with Crippen molar-refractivity contribution >= 4 is 50.7 Å². The highest BCUT2D eigenvalue weighted by molar-refractivity contribution is 7.16. The SMILES string of the molecule is COCCn1c(=NC(=O)c2cc(Cl)cc(Cl)c2)sc2cc(OC)ccc21. The summed E-state index contributed by atoms with van der Waals surface area (Å²) in [7, 11) is 3.25. The lowest BCUT2D eigenvalue weighted by atomic mass is 10.2. The number of rotatable bonds is 5. The number of amides is 1. The molecule has 1 heterocycles. The average molecular weight is 411 g/mol. The van der Waals surface area contributed by atoms with Crippen molar-refractivity contribution in [1.82, 2.24) is 4.57 Å². The summed E-state index contributed by atoms with van der Waals surface area (Å²) >= 11 is 13.4. The number of hydrogen-bond donors (Lipinski definition) is 0. The van der Waals surface area contributed by atoms with Crippen molar-refractivity contribution in [2.24, 2.45) is 4.99 Å². The number of hydrogen-bond acceptors (Lipinski definition) is 4. The third-order valence-corrected chi connectivity index (χ3v) is 5.19. The van der Waals surface area contributed by atoms with Gasteiger partial charge in [-0.15, -0.1) is 0 Å². The highest BCUT2D eigenvalue weighted by Crippen LogP contribution is 2.24. The lowest BCUT2D eigenvalue weighted by molar-refractivity contribution is 0.0997. The first-order valence-corrected chi connectivity index (χ1v) is 9.30. The fourth-order valence-corrected chi connectivity index (χ4v) is 4.10. The number of ether oxygens (including phenoxy) is 2. The number of aromatic nitrogens is 1. The minimum absolute atomic E-state index is 0.343. The zero-order valence-corrected chi connectivity index (χ0v) is 16.5. The molecule has 0 aliphatic rings. The molecule has 0 fully saturated rings. The van der Waals surface area contributed by atoms with E-state index in [1.165, 1.54) is 11.3 Å². The molecule has 3 rings (SSSR count). The van der Waals surface area contributed by atoms with E-state index in [0.29, 0.717) is 33.6 Å². The van der Waals surface area contributed by atoms with Crippen LogP contribution in [0.2, 0.25) is 10.0 Å². The number of methoxy groups -OCH3 is 2. The number of carbonyl (C=O) groups is 1. The Balaban J connectivity index is 2.12. The molecule has 0 saturated heterocycles. The van der Waals surface area contributed by atoms with Gasteiger partial charge in [0, 0.05) is 29.3 Å². The normalized spacial score (nSPS) is 11.9. The van der Waals surface area contributed by atoms with Crippen LogP contribution in [0.4, 0.5) is 0 Å². The van der Waals surface area contributed by atoms with Crippen LogP contribution < -0.4 is 9.54 Å². The molecule has 0 bridgehead atoms. The Kier molecular flexibility index (Phi) is 5.98. The van der Waals surface area contributed by atoms with Gasteiger partial charge in [0.25, 0.3) is 5.91 Å². The minimum Gasteiger partial charge on any atom is -0.497 e. The number of thiazole rings is 1.